The fourth-order valence-corrected chi connectivity index (χ4v) is 3.41. The Morgan fingerprint density at radius 2 is 2.19 bits per heavy atom. The van der Waals surface area contributed by atoms with Crippen molar-refractivity contribution in [2.24, 2.45) is 10.7 Å². The molecule has 0 aromatic carbocycles. The molecule has 5 nitrogen and oxygen atoms in total. The van der Waals surface area contributed by atoms with Crippen LogP contribution in [0.4, 0.5) is 0 Å². The zero-order valence-electron chi connectivity index (χ0n) is 11.8. The molecule has 2 rings (SSSR count). The molecule has 21 heavy (non-hydrogen) atoms. The van der Waals surface area contributed by atoms with Crippen molar-refractivity contribution in [3.05, 3.63) is 22.4 Å². The number of carbonyl (C=O) groups excluding carboxylic acids is 1. The summed E-state index contributed by atoms with van der Waals surface area (Å²) >= 11 is 3.40. The number of thioether (sulfide) groups is 1. The molecule has 1 aromatic rings. The van der Waals surface area contributed by atoms with Gasteiger partial charge in [-0.15, -0.1) is 35.3 Å². The third kappa shape index (κ3) is 6.43. The van der Waals surface area contributed by atoms with Crippen LogP contribution in [0, 0.1) is 0 Å². The number of nitrogens with one attached hydrogen (secondary N) is 1. The first kappa shape index (κ1) is 18.6. The number of hydrogen-bond donors (Lipinski definition) is 2. The average molecular weight is 440 g/mol. The highest BCUT2D eigenvalue weighted by atomic mass is 127. The largest absolute Gasteiger partial charge is 0.370 e. The molecule has 0 bridgehead atoms. The maximum absolute atomic E-state index is 11.7. The Morgan fingerprint density at radius 3 is 2.86 bits per heavy atom. The third-order valence-electron chi connectivity index (χ3n) is 2.97. The number of carbonyl (C=O) groups is 1. The van der Waals surface area contributed by atoms with Gasteiger partial charge in [-0.3, -0.25) is 9.79 Å². The molecule has 8 heteroatoms. The number of thiophene rings is 1. The second kappa shape index (κ2) is 10.3. The summed E-state index contributed by atoms with van der Waals surface area (Å²) in [5.41, 5.74) is 5.95. The summed E-state index contributed by atoms with van der Waals surface area (Å²) in [6.07, 6.45) is 0.806. The maximum Gasteiger partial charge on any atom is 0.261 e. The average Bonchev–Trinajstić information content (AvgIpc) is 3.01. The summed E-state index contributed by atoms with van der Waals surface area (Å²) in [6, 6.07) is 3.70. The van der Waals surface area contributed by atoms with Crippen LogP contribution in [0.3, 0.4) is 0 Å². The molecule has 3 N–H and O–H groups in total. The number of nitrogens with two attached hydrogens (primary N) is 1. The van der Waals surface area contributed by atoms with E-state index in [-0.39, 0.29) is 29.9 Å². The van der Waals surface area contributed by atoms with Gasteiger partial charge in [0.1, 0.15) is 0 Å². The first-order chi connectivity index (χ1) is 9.77. The zero-order chi connectivity index (χ0) is 14.2. The highest BCUT2D eigenvalue weighted by Crippen LogP contribution is 2.09. The summed E-state index contributed by atoms with van der Waals surface area (Å²) in [5, 5.41) is 4.78. The van der Waals surface area contributed by atoms with Crippen molar-refractivity contribution in [1.29, 1.82) is 0 Å². The zero-order valence-corrected chi connectivity index (χ0v) is 15.7. The van der Waals surface area contributed by atoms with E-state index in [1.807, 2.05) is 29.3 Å². The van der Waals surface area contributed by atoms with Crippen LogP contribution in [0.1, 0.15) is 16.1 Å². The van der Waals surface area contributed by atoms with Gasteiger partial charge in [-0.1, -0.05) is 6.07 Å². The Hall–Kier alpha value is -0.480. The minimum atomic E-state index is -0.00925. The van der Waals surface area contributed by atoms with Crippen LogP contribution in [0.2, 0.25) is 0 Å². The molecule has 0 radical (unpaired) electrons. The normalized spacial score (nSPS) is 15.4. The monoisotopic (exact) mass is 440 g/mol. The van der Waals surface area contributed by atoms with Crippen LogP contribution in [0.25, 0.3) is 0 Å². The maximum atomic E-state index is 11.7. The number of amides is 1. The highest BCUT2D eigenvalue weighted by Gasteiger charge is 2.11. The molecule has 0 saturated carbocycles. The first-order valence-electron chi connectivity index (χ1n) is 6.71. The quantitative estimate of drug-likeness (QED) is 0.317. The predicted octanol–water partition coefficient (Wildman–Crippen LogP) is 1.85. The minimum absolute atomic E-state index is 0. The molecule has 1 aliphatic rings. The molecule has 0 unspecified atom stereocenters. The van der Waals surface area contributed by atoms with Crippen molar-refractivity contribution in [3.63, 3.8) is 0 Å². The Bertz CT molecular complexity index is 447. The predicted molar refractivity (Wildman–Crippen MR) is 102 cm³/mol. The van der Waals surface area contributed by atoms with E-state index in [1.165, 1.54) is 11.3 Å². The van der Waals surface area contributed by atoms with Crippen molar-refractivity contribution in [3.8, 4) is 0 Å². The van der Waals surface area contributed by atoms with Gasteiger partial charge >= 0.3 is 0 Å². The van der Waals surface area contributed by atoms with Crippen LogP contribution in [0.15, 0.2) is 22.5 Å². The van der Waals surface area contributed by atoms with E-state index in [0.29, 0.717) is 19.0 Å². The summed E-state index contributed by atoms with van der Waals surface area (Å²) in [7, 11) is 0. The molecule has 0 atom stereocenters. The number of nitrogens with zero attached hydrogens (tertiary/aromatic N) is 2. The van der Waals surface area contributed by atoms with Crippen molar-refractivity contribution in [2.45, 2.75) is 6.42 Å². The lowest BCUT2D eigenvalue weighted by atomic mass is 10.4. The van der Waals surface area contributed by atoms with Gasteiger partial charge in [-0.05, 0) is 17.9 Å². The van der Waals surface area contributed by atoms with E-state index >= 15 is 0 Å². The van der Waals surface area contributed by atoms with Crippen molar-refractivity contribution in [2.75, 3.05) is 37.7 Å². The van der Waals surface area contributed by atoms with Crippen molar-refractivity contribution in [1.82, 2.24) is 10.2 Å². The Labute approximate surface area is 150 Å². The lowest BCUT2D eigenvalue weighted by Gasteiger charge is -2.27. The molecular weight excluding hydrogens is 419 g/mol. The molecule has 0 aliphatic carbocycles. The number of hydrogen-bond acceptors (Lipinski definition) is 4. The Kier molecular flexibility index (Phi) is 9.09. The SMILES string of the molecule is I.NC(=NCCCNC(=O)c1cccs1)N1CCSCC1. The van der Waals surface area contributed by atoms with E-state index in [2.05, 4.69) is 15.2 Å². The van der Waals surface area contributed by atoms with Gasteiger partial charge in [-0.2, -0.15) is 11.8 Å². The van der Waals surface area contributed by atoms with Crippen LogP contribution >= 0.6 is 47.1 Å². The number of guanidine groups is 1. The first-order valence-corrected chi connectivity index (χ1v) is 8.75. The van der Waals surface area contributed by atoms with E-state index in [0.717, 1.165) is 35.9 Å². The molecule has 2 heterocycles. The number of rotatable bonds is 5. The van der Waals surface area contributed by atoms with Crippen LogP contribution < -0.4 is 11.1 Å². The minimum Gasteiger partial charge on any atom is -0.370 e. The van der Waals surface area contributed by atoms with Crippen molar-refractivity contribution >= 4 is 58.9 Å². The molecule has 1 amide bonds. The molecule has 1 aromatic heterocycles. The van der Waals surface area contributed by atoms with Crippen LogP contribution in [0.5, 0.6) is 0 Å². The summed E-state index contributed by atoms with van der Waals surface area (Å²) in [5.74, 6) is 2.86. The highest BCUT2D eigenvalue weighted by molar-refractivity contribution is 14.0. The van der Waals surface area contributed by atoms with Crippen LogP contribution in [-0.4, -0.2) is 54.5 Å². The molecule has 118 valence electrons. The molecule has 1 aliphatic heterocycles. The van der Waals surface area contributed by atoms with E-state index in [9.17, 15) is 4.79 Å². The summed E-state index contributed by atoms with van der Waals surface area (Å²) < 4.78 is 0. The Balaban J connectivity index is 0.00000220. The van der Waals surface area contributed by atoms with Gasteiger partial charge in [0.15, 0.2) is 5.96 Å². The second-order valence-corrected chi connectivity index (χ2v) is 6.60. The molecular formula is C13H21IN4OS2. The second-order valence-electron chi connectivity index (χ2n) is 4.43. The van der Waals surface area contributed by atoms with Gasteiger partial charge in [0, 0.05) is 37.7 Å². The van der Waals surface area contributed by atoms with E-state index < -0.39 is 0 Å². The third-order valence-corrected chi connectivity index (χ3v) is 4.79. The summed E-state index contributed by atoms with van der Waals surface area (Å²) in [4.78, 5) is 18.9. The molecule has 0 spiro atoms. The van der Waals surface area contributed by atoms with Gasteiger partial charge in [0.05, 0.1) is 4.88 Å². The molecule has 1 saturated heterocycles. The lowest BCUT2D eigenvalue weighted by Crippen LogP contribution is -2.42. The Morgan fingerprint density at radius 1 is 1.43 bits per heavy atom. The van der Waals surface area contributed by atoms with Gasteiger partial charge in [-0.25, -0.2) is 0 Å². The van der Waals surface area contributed by atoms with Gasteiger partial charge < -0.3 is 16.0 Å². The fraction of sp³-hybridized carbons (Fsp3) is 0.538. The lowest BCUT2D eigenvalue weighted by molar-refractivity contribution is 0.0957. The standard InChI is InChI=1S/C13H20N4OS2.HI/c14-13(17-6-9-19-10-7-17)16-5-2-4-15-12(18)11-3-1-8-20-11;/h1,3,8H,2,4-7,9-10H2,(H2,14,16)(H,15,18);1H. The van der Waals surface area contributed by atoms with Crippen molar-refractivity contribution < 1.29 is 4.79 Å². The fourth-order valence-electron chi connectivity index (χ4n) is 1.86. The summed E-state index contributed by atoms with van der Waals surface area (Å²) in [6.45, 7) is 3.24. The smallest absolute Gasteiger partial charge is 0.261 e. The number of halogens is 1. The topological polar surface area (TPSA) is 70.7 Å². The van der Waals surface area contributed by atoms with Crippen LogP contribution in [-0.2, 0) is 0 Å². The molecule has 1 fully saturated rings. The van der Waals surface area contributed by atoms with Gasteiger partial charge in [0.25, 0.3) is 5.91 Å². The van der Waals surface area contributed by atoms with Gasteiger partial charge in [0.2, 0.25) is 0 Å². The van der Waals surface area contributed by atoms with E-state index in [1.54, 1.807) is 0 Å². The number of aliphatic imine (C=N–C) groups is 1. The van der Waals surface area contributed by atoms with E-state index in [4.69, 9.17) is 5.73 Å².